The van der Waals surface area contributed by atoms with Gasteiger partial charge in [0.2, 0.25) is 11.8 Å². The van der Waals surface area contributed by atoms with Gasteiger partial charge in [-0.1, -0.05) is 11.3 Å². The van der Waals surface area contributed by atoms with Crippen molar-refractivity contribution in [2.75, 3.05) is 29.9 Å². The van der Waals surface area contributed by atoms with E-state index >= 15 is 0 Å². The Morgan fingerprint density at radius 2 is 2.09 bits per heavy atom. The second kappa shape index (κ2) is 9.61. The molecule has 2 amide bonds. The van der Waals surface area contributed by atoms with Crippen molar-refractivity contribution in [1.82, 2.24) is 19.9 Å². The molecule has 0 saturated carbocycles. The summed E-state index contributed by atoms with van der Waals surface area (Å²) < 4.78 is 27.8. The van der Waals surface area contributed by atoms with Gasteiger partial charge >= 0.3 is 0 Å². The van der Waals surface area contributed by atoms with E-state index in [0.29, 0.717) is 22.9 Å². The number of hydrogen-bond donors (Lipinski definition) is 2. The molecule has 9 nitrogen and oxygen atoms in total. The van der Waals surface area contributed by atoms with Crippen LogP contribution in [0.15, 0.2) is 29.3 Å². The van der Waals surface area contributed by atoms with Crippen molar-refractivity contribution in [3.63, 3.8) is 0 Å². The maximum Gasteiger partial charge on any atom is 0.273 e. The Kier molecular flexibility index (Phi) is 6.63. The van der Waals surface area contributed by atoms with Gasteiger partial charge in [0.25, 0.3) is 5.56 Å². The van der Waals surface area contributed by atoms with Gasteiger partial charge in [0, 0.05) is 31.4 Å². The minimum atomic E-state index is -1.09. The van der Waals surface area contributed by atoms with Crippen LogP contribution in [-0.4, -0.2) is 46.0 Å². The number of nitrogens with one attached hydrogen (secondary N) is 2. The van der Waals surface area contributed by atoms with E-state index in [1.165, 1.54) is 23.7 Å². The Bertz CT molecular complexity index is 1260. The SMILES string of the molecule is CCNC(=O)[C@H]1CCCN(c2nc3ncn(CC(=O)Nc4ccc(F)c(F)c4)c(=O)c3s2)C1. The standard InChI is InChI=1S/C21H22F2N6O3S/c1-2-24-19(31)12-4-3-7-28(9-12)21-27-18-17(33-21)20(32)29(11-25-18)10-16(30)26-13-5-6-14(22)15(23)8-13/h5-6,8,11-12H,2-4,7,9-10H2,1H3,(H,24,31)(H,26,30)/t12-/m0/s1. The van der Waals surface area contributed by atoms with Gasteiger partial charge in [-0.15, -0.1) is 0 Å². The second-order valence-corrected chi connectivity index (χ2v) is 8.66. The molecule has 174 valence electrons. The Morgan fingerprint density at radius 1 is 1.27 bits per heavy atom. The summed E-state index contributed by atoms with van der Waals surface area (Å²) in [5.41, 5.74) is -0.0771. The van der Waals surface area contributed by atoms with E-state index in [4.69, 9.17) is 0 Å². The quantitative estimate of drug-likeness (QED) is 0.564. The molecule has 1 fully saturated rings. The molecule has 3 aromatic rings. The number of hydrogen-bond acceptors (Lipinski definition) is 7. The average Bonchev–Trinajstić information content (AvgIpc) is 3.24. The number of carbonyl (C=O) groups excluding carboxylic acids is 2. The van der Waals surface area contributed by atoms with Gasteiger partial charge in [0.15, 0.2) is 22.4 Å². The van der Waals surface area contributed by atoms with Crippen LogP contribution < -0.4 is 21.1 Å². The molecule has 1 aliphatic heterocycles. The number of anilines is 2. The molecule has 1 aliphatic rings. The molecule has 1 atom stereocenters. The first-order valence-electron chi connectivity index (χ1n) is 10.5. The Hall–Kier alpha value is -3.41. The Labute approximate surface area is 191 Å². The zero-order chi connectivity index (χ0) is 23.5. The molecular formula is C21H22F2N6O3S. The van der Waals surface area contributed by atoms with Crippen LogP contribution >= 0.6 is 11.3 Å². The summed E-state index contributed by atoms with van der Waals surface area (Å²) >= 11 is 1.17. The van der Waals surface area contributed by atoms with Crippen LogP contribution in [0.2, 0.25) is 0 Å². The highest BCUT2D eigenvalue weighted by atomic mass is 32.1. The number of benzene rings is 1. The van der Waals surface area contributed by atoms with Gasteiger partial charge < -0.3 is 15.5 Å². The van der Waals surface area contributed by atoms with Crippen molar-refractivity contribution in [3.05, 3.63) is 46.5 Å². The zero-order valence-corrected chi connectivity index (χ0v) is 18.6. The highest BCUT2D eigenvalue weighted by Gasteiger charge is 2.27. The number of carbonyl (C=O) groups is 2. The molecule has 12 heteroatoms. The molecule has 1 saturated heterocycles. The maximum absolute atomic E-state index is 13.3. The summed E-state index contributed by atoms with van der Waals surface area (Å²) in [6, 6.07) is 2.99. The highest BCUT2D eigenvalue weighted by molar-refractivity contribution is 7.22. The van der Waals surface area contributed by atoms with Gasteiger partial charge in [-0.2, -0.15) is 4.98 Å². The third kappa shape index (κ3) is 5.00. The van der Waals surface area contributed by atoms with E-state index in [2.05, 4.69) is 20.6 Å². The topological polar surface area (TPSA) is 109 Å². The smallest absolute Gasteiger partial charge is 0.273 e. The number of thiazole rings is 1. The largest absolute Gasteiger partial charge is 0.356 e. The third-order valence-electron chi connectivity index (χ3n) is 5.30. The summed E-state index contributed by atoms with van der Waals surface area (Å²) in [4.78, 5) is 48.0. The van der Waals surface area contributed by atoms with Gasteiger partial charge in [-0.25, -0.2) is 13.8 Å². The first-order valence-corrected chi connectivity index (χ1v) is 11.3. The van der Waals surface area contributed by atoms with Crippen LogP contribution in [0.3, 0.4) is 0 Å². The number of nitrogens with zero attached hydrogens (tertiary/aromatic N) is 4. The van der Waals surface area contributed by atoms with Crippen LogP contribution in [0.4, 0.5) is 19.6 Å². The molecule has 3 heterocycles. The van der Waals surface area contributed by atoms with Crippen molar-refractivity contribution in [3.8, 4) is 0 Å². The normalized spacial score (nSPS) is 16.1. The monoisotopic (exact) mass is 476 g/mol. The van der Waals surface area contributed by atoms with Crippen molar-refractivity contribution in [2.45, 2.75) is 26.3 Å². The number of amides is 2. The predicted octanol–water partition coefficient (Wildman–Crippen LogP) is 2.12. The van der Waals surface area contributed by atoms with E-state index in [9.17, 15) is 23.2 Å². The molecule has 2 N–H and O–H groups in total. The summed E-state index contributed by atoms with van der Waals surface area (Å²) in [6.45, 7) is 3.33. The molecule has 1 aromatic carbocycles. The molecule has 0 radical (unpaired) electrons. The van der Waals surface area contributed by atoms with Crippen molar-refractivity contribution in [2.24, 2.45) is 5.92 Å². The summed E-state index contributed by atoms with van der Waals surface area (Å²) in [5.74, 6) is -2.83. The minimum Gasteiger partial charge on any atom is -0.356 e. The molecule has 0 spiro atoms. The van der Waals surface area contributed by atoms with E-state index < -0.39 is 23.1 Å². The van der Waals surface area contributed by atoms with Crippen LogP contribution in [0, 0.1) is 17.6 Å². The molecule has 0 aliphatic carbocycles. The maximum atomic E-state index is 13.3. The first-order chi connectivity index (χ1) is 15.9. The molecule has 4 rings (SSSR count). The summed E-state index contributed by atoms with van der Waals surface area (Å²) in [6.07, 6.45) is 2.86. The molecule has 0 unspecified atom stereocenters. The average molecular weight is 477 g/mol. The fourth-order valence-electron chi connectivity index (χ4n) is 3.70. The molecule has 33 heavy (non-hydrogen) atoms. The second-order valence-electron chi connectivity index (χ2n) is 7.68. The molecular weight excluding hydrogens is 454 g/mol. The lowest BCUT2D eigenvalue weighted by Crippen LogP contribution is -2.43. The Balaban J connectivity index is 1.50. The number of aromatic nitrogens is 3. The number of rotatable bonds is 6. The fraction of sp³-hybridized carbons (Fsp3) is 0.381. The molecule has 2 aromatic heterocycles. The fourth-order valence-corrected chi connectivity index (χ4v) is 4.70. The van der Waals surface area contributed by atoms with Crippen LogP contribution in [-0.2, 0) is 16.1 Å². The minimum absolute atomic E-state index is 0.0100. The summed E-state index contributed by atoms with van der Waals surface area (Å²) in [7, 11) is 0. The molecule has 0 bridgehead atoms. The van der Waals surface area contributed by atoms with Crippen LogP contribution in [0.25, 0.3) is 10.3 Å². The lowest BCUT2D eigenvalue weighted by atomic mass is 9.97. The third-order valence-corrected chi connectivity index (χ3v) is 6.40. The van der Waals surface area contributed by atoms with Gasteiger partial charge in [0.05, 0.1) is 5.92 Å². The number of fused-ring (bicyclic) bond motifs is 1. The summed E-state index contributed by atoms with van der Waals surface area (Å²) in [5, 5.41) is 5.88. The van der Waals surface area contributed by atoms with Crippen LogP contribution in [0.1, 0.15) is 19.8 Å². The van der Waals surface area contributed by atoms with E-state index in [-0.39, 0.29) is 29.7 Å². The number of halogens is 2. The lowest BCUT2D eigenvalue weighted by Gasteiger charge is -2.31. The van der Waals surface area contributed by atoms with Crippen molar-refractivity contribution < 1.29 is 18.4 Å². The van der Waals surface area contributed by atoms with Gasteiger partial charge in [0.1, 0.15) is 17.6 Å². The Morgan fingerprint density at radius 3 is 2.85 bits per heavy atom. The van der Waals surface area contributed by atoms with Crippen molar-refractivity contribution in [1.29, 1.82) is 0 Å². The van der Waals surface area contributed by atoms with E-state index in [0.717, 1.165) is 36.1 Å². The van der Waals surface area contributed by atoms with Gasteiger partial charge in [-0.05, 0) is 31.9 Å². The predicted molar refractivity (Wildman–Crippen MR) is 120 cm³/mol. The van der Waals surface area contributed by atoms with E-state index in [1.807, 2.05) is 11.8 Å². The lowest BCUT2D eigenvalue weighted by molar-refractivity contribution is -0.125. The van der Waals surface area contributed by atoms with E-state index in [1.54, 1.807) is 0 Å². The number of piperidine rings is 1. The highest BCUT2D eigenvalue weighted by Crippen LogP contribution is 2.29. The van der Waals surface area contributed by atoms with Gasteiger partial charge in [-0.3, -0.25) is 19.0 Å². The zero-order valence-electron chi connectivity index (χ0n) is 17.8. The first kappa shape index (κ1) is 22.8. The van der Waals surface area contributed by atoms with Crippen molar-refractivity contribution >= 4 is 44.3 Å². The van der Waals surface area contributed by atoms with Crippen LogP contribution in [0.5, 0.6) is 0 Å².